The molecule has 1 aliphatic rings. The van der Waals surface area contributed by atoms with Gasteiger partial charge in [-0.25, -0.2) is 0 Å². The van der Waals surface area contributed by atoms with Gasteiger partial charge in [0.1, 0.15) is 12.2 Å². The summed E-state index contributed by atoms with van der Waals surface area (Å²) in [6.07, 6.45) is 1.30. The van der Waals surface area contributed by atoms with Crippen LogP contribution in [0, 0.1) is 18.3 Å². The number of carbonyl (C=O) groups excluding carboxylic acids is 1. The Morgan fingerprint density at radius 3 is 2.35 bits per heavy atom. The summed E-state index contributed by atoms with van der Waals surface area (Å²) >= 11 is 6.08. The molecule has 2 aromatic carbocycles. The van der Waals surface area contributed by atoms with E-state index < -0.39 is 0 Å². The van der Waals surface area contributed by atoms with E-state index in [1.807, 2.05) is 65.0 Å². The summed E-state index contributed by atoms with van der Waals surface area (Å²) in [6.45, 7) is 15.2. The molecule has 5 heteroatoms. The van der Waals surface area contributed by atoms with Crippen LogP contribution in [0.15, 0.2) is 54.1 Å². The highest BCUT2D eigenvalue weighted by atomic mass is 35.5. The highest BCUT2D eigenvalue weighted by Crippen LogP contribution is 2.55. The summed E-state index contributed by atoms with van der Waals surface area (Å²) in [5.74, 6) is -0.461. The van der Waals surface area contributed by atoms with E-state index in [1.54, 1.807) is 0 Å². The van der Waals surface area contributed by atoms with Gasteiger partial charge in [0.15, 0.2) is 0 Å². The predicted molar refractivity (Wildman–Crippen MR) is 137 cm³/mol. The van der Waals surface area contributed by atoms with Crippen molar-refractivity contribution >= 4 is 17.6 Å². The van der Waals surface area contributed by atoms with E-state index >= 15 is 0 Å². The van der Waals surface area contributed by atoms with Gasteiger partial charge in [0, 0.05) is 17.0 Å². The van der Waals surface area contributed by atoms with Crippen LogP contribution in [0.25, 0.3) is 0 Å². The van der Waals surface area contributed by atoms with E-state index in [4.69, 9.17) is 25.8 Å². The molecule has 0 bridgehead atoms. The third-order valence-corrected chi connectivity index (χ3v) is 6.69. The van der Waals surface area contributed by atoms with Crippen LogP contribution in [0.4, 0.5) is 0 Å². The van der Waals surface area contributed by atoms with Crippen molar-refractivity contribution in [3.63, 3.8) is 0 Å². The van der Waals surface area contributed by atoms with Gasteiger partial charge in [-0.3, -0.25) is 4.79 Å². The average molecular weight is 485 g/mol. The summed E-state index contributed by atoms with van der Waals surface area (Å²) in [5, 5.41) is 0.690. The number of allylic oxidation sites excluding steroid dienone is 1. The molecular formula is C29H37ClO4. The van der Waals surface area contributed by atoms with Gasteiger partial charge in [0.05, 0.1) is 18.6 Å². The van der Waals surface area contributed by atoms with Crippen LogP contribution in [-0.2, 0) is 19.0 Å². The van der Waals surface area contributed by atoms with Crippen LogP contribution in [-0.4, -0.2) is 25.3 Å². The van der Waals surface area contributed by atoms with Gasteiger partial charge in [-0.05, 0) is 69.5 Å². The number of ether oxygens (including phenoxy) is 3. The Kier molecular flexibility index (Phi) is 8.62. The Hall–Kier alpha value is -2.14. The maximum absolute atomic E-state index is 13.0. The molecule has 0 amide bonds. The molecule has 2 aromatic rings. The van der Waals surface area contributed by atoms with Crippen molar-refractivity contribution in [2.75, 3.05) is 13.2 Å². The fraction of sp³-hybridized carbons (Fsp3) is 0.483. The third-order valence-electron chi connectivity index (χ3n) is 6.44. The van der Waals surface area contributed by atoms with Crippen LogP contribution < -0.4 is 0 Å². The lowest BCUT2D eigenvalue weighted by Gasteiger charge is -2.21. The minimum absolute atomic E-state index is 0.122. The lowest BCUT2D eigenvalue weighted by atomic mass is 9.96. The number of rotatable bonds is 10. The average Bonchev–Trinajstić information content (AvgIpc) is 3.32. The normalized spacial score (nSPS) is 20.4. The number of esters is 1. The Labute approximate surface area is 209 Å². The van der Waals surface area contributed by atoms with Gasteiger partial charge in [-0.2, -0.15) is 0 Å². The zero-order chi connectivity index (χ0) is 25.0. The lowest BCUT2D eigenvalue weighted by Crippen LogP contribution is -2.15. The molecule has 0 spiro atoms. The second-order valence-corrected chi connectivity index (χ2v) is 10.4. The number of hydrogen-bond acceptors (Lipinski definition) is 4. The number of halogens is 1. The Morgan fingerprint density at radius 1 is 1.09 bits per heavy atom. The highest BCUT2D eigenvalue weighted by molar-refractivity contribution is 6.30. The van der Waals surface area contributed by atoms with Gasteiger partial charge in [-0.1, -0.05) is 66.9 Å². The fourth-order valence-corrected chi connectivity index (χ4v) is 4.51. The molecule has 0 N–H and O–H groups in total. The highest BCUT2D eigenvalue weighted by Gasteiger charge is 2.64. The molecule has 4 atom stereocenters. The molecule has 0 heterocycles. The van der Waals surface area contributed by atoms with Crippen LogP contribution in [0.5, 0.6) is 0 Å². The molecule has 0 aliphatic heterocycles. The van der Waals surface area contributed by atoms with E-state index in [2.05, 4.69) is 32.0 Å². The molecule has 3 rings (SSSR count). The first-order chi connectivity index (χ1) is 16.0. The molecule has 34 heavy (non-hydrogen) atoms. The summed E-state index contributed by atoms with van der Waals surface area (Å²) in [5.41, 5.74) is 5.07. The molecule has 0 aromatic heterocycles. The topological polar surface area (TPSA) is 44.8 Å². The first-order valence-electron chi connectivity index (χ1n) is 12.0. The molecule has 4 nitrogen and oxygen atoms in total. The van der Waals surface area contributed by atoms with Crippen molar-refractivity contribution in [2.24, 2.45) is 11.3 Å². The van der Waals surface area contributed by atoms with Crippen LogP contribution in [0.1, 0.15) is 76.0 Å². The van der Waals surface area contributed by atoms with Crippen molar-refractivity contribution in [3.8, 4) is 0 Å². The second-order valence-electron chi connectivity index (χ2n) is 9.98. The number of aryl methyl sites for hydroxylation is 1. The van der Waals surface area contributed by atoms with Gasteiger partial charge in [-0.15, -0.1) is 0 Å². The van der Waals surface area contributed by atoms with Crippen molar-refractivity contribution in [1.29, 1.82) is 0 Å². The predicted octanol–water partition coefficient (Wildman–Crippen LogP) is 7.39. The molecule has 1 saturated carbocycles. The largest absolute Gasteiger partial charge is 0.457 e. The molecule has 0 radical (unpaired) electrons. The van der Waals surface area contributed by atoms with Gasteiger partial charge in [0.2, 0.25) is 0 Å². The van der Waals surface area contributed by atoms with Gasteiger partial charge < -0.3 is 14.2 Å². The molecule has 184 valence electrons. The third kappa shape index (κ3) is 6.29. The number of carbonyl (C=O) groups is 1. The van der Waals surface area contributed by atoms with Crippen LogP contribution >= 0.6 is 11.6 Å². The van der Waals surface area contributed by atoms with Crippen molar-refractivity contribution in [2.45, 2.75) is 66.8 Å². The van der Waals surface area contributed by atoms with E-state index in [0.29, 0.717) is 18.2 Å². The summed E-state index contributed by atoms with van der Waals surface area (Å²) < 4.78 is 18.0. The minimum atomic E-state index is -0.381. The Morgan fingerprint density at radius 2 is 1.74 bits per heavy atom. The summed E-state index contributed by atoms with van der Waals surface area (Å²) in [7, 11) is 0. The molecule has 0 saturated heterocycles. The van der Waals surface area contributed by atoms with E-state index in [1.165, 1.54) is 5.57 Å². The zero-order valence-electron chi connectivity index (χ0n) is 21.4. The number of benzene rings is 2. The lowest BCUT2D eigenvalue weighted by molar-refractivity contribution is -0.151. The molecular weight excluding hydrogens is 448 g/mol. The zero-order valence-corrected chi connectivity index (χ0v) is 22.1. The molecule has 1 fully saturated rings. The SMILES string of the molecule is CCOC(c1ccc(Cl)cc1)c1cc(C)cc(C(C)OC(=O)C2C(OCC=C(C)C)C2(C)C)c1. The van der Waals surface area contributed by atoms with E-state index in [0.717, 1.165) is 22.3 Å². The monoisotopic (exact) mass is 484 g/mol. The smallest absolute Gasteiger partial charge is 0.312 e. The minimum Gasteiger partial charge on any atom is -0.457 e. The summed E-state index contributed by atoms with van der Waals surface area (Å²) in [6, 6.07) is 14.0. The van der Waals surface area contributed by atoms with Gasteiger partial charge in [0.25, 0.3) is 0 Å². The summed E-state index contributed by atoms with van der Waals surface area (Å²) in [4.78, 5) is 13.0. The maximum atomic E-state index is 13.0. The van der Waals surface area contributed by atoms with E-state index in [9.17, 15) is 4.79 Å². The maximum Gasteiger partial charge on any atom is 0.312 e. The Bertz CT molecular complexity index is 1020. The van der Waals surface area contributed by atoms with E-state index in [-0.39, 0.29) is 35.6 Å². The molecule has 1 aliphatic carbocycles. The van der Waals surface area contributed by atoms with Crippen LogP contribution in [0.2, 0.25) is 5.02 Å². The quantitative estimate of drug-likeness (QED) is 0.260. The Balaban J connectivity index is 1.75. The number of hydrogen-bond donors (Lipinski definition) is 0. The van der Waals surface area contributed by atoms with Crippen molar-refractivity contribution < 1.29 is 19.0 Å². The first kappa shape index (κ1) is 26.5. The van der Waals surface area contributed by atoms with Crippen molar-refractivity contribution in [1.82, 2.24) is 0 Å². The van der Waals surface area contributed by atoms with Crippen LogP contribution in [0.3, 0.4) is 0 Å². The van der Waals surface area contributed by atoms with Crippen molar-refractivity contribution in [3.05, 3.63) is 81.4 Å². The second kappa shape index (κ2) is 11.1. The fourth-order valence-electron chi connectivity index (χ4n) is 4.38. The first-order valence-corrected chi connectivity index (χ1v) is 12.4. The standard InChI is InChI=1S/C29H37ClO4/c1-8-32-26(21-9-11-24(30)12-10-21)23-16-19(4)15-22(17-23)20(5)34-28(31)25-27(29(25,6)7)33-14-13-18(2)3/h9-13,15-17,20,25-27H,8,14H2,1-7H3. The van der Waals surface area contributed by atoms with Gasteiger partial charge >= 0.3 is 5.97 Å². The molecule has 4 unspecified atom stereocenters.